The predicted molar refractivity (Wildman–Crippen MR) is 150 cm³/mol. The van der Waals surface area contributed by atoms with Crippen LogP contribution < -0.4 is 16.1 Å². The lowest BCUT2D eigenvalue weighted by Crippen LogP contribution is -2.67. The number of carbonyl (C=O) groups excluding carboxylic acids is 1. The van der Waals surface area contributed by atoms with Crippen molar-refractivity contribution in [1.29, 1.82) is 0 Å². The summed E-state index contributed by atoms with van der Waals surface area (Å²) in [4.78, 5) is 12.3. The molecule has 0 bridgehead atoms. The Bertz CT molecular complexity index is 890. The highest BCUT2D eigenvalue weighted by Gasteiger charge is 2.51. The van der Waals surface area contributed by atoms with Gasteiger partial charge >= 0.3 is 5.97 Å². The van der Waals surface area contributed by atoms with Gasteiger partial charge in [0.05, 0.1) is 6.10 Å². The zero-order valence-corrected chi connectivity index (χ0v) is 23.7. The van der Waals surface area contributed by atoms with E-state index >= 15 is 0 Å². The molecule has 35 heavy (non-hydrogen) atoms. The van der Waals surface area contributed by atoms with Crippen molar-refractivity contribution in [1.82, 2.24) is 0 Å². The third kappa shape index (κ3) is 8.16. The number of esters is 1. The molecule has 0 fully saturated rings. The van der Waals surface area contributed by atoms with Crippen LogP contribution in [0.3, 0.4) is 0 Å². The van der Waals surface area contributed by atoms with Gasteiger partial charge in [0.25, 0.3) is 8.32 Å². The summed E-state index contributed by atoms with van der Waals surface area (Å²) in [5, 5.41) is 2.43. The molecule has 5 heteroatoms. The Kier molecular flexibility index (Phi) is 10.5. The van der Waals surface area contributed by atoms with Crippen LogP contribution in [0, 0.1) is 0 Å². The summed E-state index contributed by atoms with van der Waals surface area (Å²) in [6.07, 6.45) is 7.51. The van der Waals surface area contributed by atoms with Crippen LogP contribution in [-0.2, 0) is 14.0 Å². The van der Waals surface area contributed by atoms with Gasteiger partial charge in [-0.25, -0.2) is 0 Å². The molecule has 2 atom stereocenters. The van der Waals surface area contributed by atoms with E-state index in [1.807, 2.05) is 26.8 Å². The van der Waals surface area contributed by atoms with E-state index in [2.05, 4.69) is 94.4 Å². The van der Waals surface area contributed by atoms with Crippen LogP contribution in [0.15, 0.2) is 72.8 Å². The summed E-state index contributed by atoms with van der Waals surface area (Å²) in [7, 11) is -2.67. The Labute approximate surface area is 214 Å². The minimum atomic E-state index is -2.67. The van der Waals surface area contributed by atoms with Crippen molar-refractivity contribution in [3.63, 3.8) is 0 Å². The zero-order valence-electron chi connectivity index (χ0n) is 22.7. The molecule has 2 N–H and O–H groups in total. The van der Waals surface area contributed by atoms with E-state index < -0.39 is 20.0 Å². The Morgan fingerprint density at radius 1 is 0.943 bits per heavy atom. The van der Waals surface area contributed by atoms with E-state index in [-0.39, 0.29) is 17.1 Å². The van der Waals surface area contributed by atoms with Crippen LogP contribution in [0.1, 0.15) is 74.1 Å². The summed E-state index contributed by atoms with van der Waals surface area (Å²) in [6, 6.07) is 20.7. The zero-order chi connectivity index (χ0) is 26.1. The van der Waals surface area contributed by atoms with E-state index in [1.54, 1.807) is 0 Å². The summed E-state index contributed by atoms with van der Waals surface area (Å²) < 4.78 is 12.7. The van der Waals surface area contributed by atoms with Crippen LogP contribution in [-0.4, -0.2) is 32.0 Å². The number of hydrogen-bond acceptors (Lipinski definition) is 4. The first kappa shape index (κ1) is 29.0. The maximum absolute atomic E-state index is 12.3. The van der Waals surface area contributed by atoms with E-state index in [0.29, 0.717) is 6.42 Å². The normalized spacial score (nSPS) is 14.6. The lowest BCUT2D eigenvalue weighted by molar-refractivity contribution is -0.156. The minimum Gasteiger partial charge on any atom is -0.459 e. The number of nitrogens with two attached hydrogens (primary N) is 1. The molecule has 0 saturated carbocycles. The van der Waals surface area contributed by atoms with Crippen molar-refractivity contribution < 1.29 is 14.0 Å². The molecule has 0 heterocycles. The van der Waals surface area contributed by atoms with Crippen LogP contribution in [0.25, 0.3) is 0 Å². The average Bonchev–Trinajstić information content (AvgIpc) is 2.79. The first-order valence-electron chi connectivity index (χ1n) is 12.8. The Morgan fingerprint density at radius 3 is 1.89 bits per heavy atom. The second-order valence-electron chi connectivity index (χ2n) is 11.3. The van der Waals surface area contributed by atoms with Crippen molar-refractivity contribution in [3.8, 4) is 0 Å². The molecule has 0 aliphatic carbocycles. The Hall–Kier alpha value is -2.21. The van der Waals surface area contributed by atoms with E-state index in [9.17, 15) is 4.79 Å². The monoisotopic (exact) mass is 495 g/mol. The topological polar surface area (TPSA) is 61.6 Å². The minimum absolute atomic E-state index is 0.0768. The SMILES string of the molecule is CCCC[C@@H](/C=C/C[C@H](N)C(=O)OC(C)(C)C)O[Si](c1ccccc1)(c1ccccc1)C(C)(C)C. The van der Waals surface area contributed by atoms with Gasteiger partial charge < -0.3 is 14.9 Å². The molecule has 4 nitrogen and oxygen atoms in total. The van der Waals surface area contributed by atoms with E-state index in [4.69, 9.17) is 14.9 Å². The summed E-state index contributed by atoms with van der Waals surface area (Å²) in [6.45, 7) is 14.6. The van der Waals surface area contributed by atoms with Gasteiger partial charge in [-0.2, -0.15) is 0 Å². The predicted octanol–water partition coefficient (Wildman–Crippen LogP) is 5.74. The van der Waals surface area contributed by atoms with Gasteiger partial charge in [-0.3, -0.25) is 4.79 Å². The largest absolute Gasteiger partial charge is 0.459 e. The molecule has 0 saturated heterocycles. The fourth-order valence-corrected chi connectivity index (χ4v) is 9.03. The lowest BCUT2D eigenvalue weighted by atomic mass is 10.1. The standard InChI is InChI=1S/C30H45NO3Si/c1-8-9-17-24(18-16-23-27(31)28(32)33-29(2,3)4)34-35(30(5,6)7,25-19-12-10-13-20-25)26-21-14-11-15-22-26/h10-16,18-22,24,27H,8-9,17,23,31H2,1-7H3/b18-16+/t24-,27-/m0/s1. The Balaban J connectivity index is 2.41. The quantitative estimate of drug-likeness (QED) is 0.245. The maximum atomic E-state index is 12.3. The molecule has 0 aromatic heterocycles. The first-order valence-corrected chi connectivity index (χ1v) is 14.8. The van der Waals surface area contributed by atoms with Gasteiger partial charge in [-0.05, 0) is 49.0 Å². The average molecular weight is 496 g/mol. The third-order valence-corrected chi connectivity index (χ3v) is 11.1. The second-order valence-corrected chi connectivity index (χ2v) is 15.5. The lowest BCUT2D eigenvalue weighted by Gasteiger charge is -2.45. The van der Waals surface area contributed by atoms with Gasteiger partial charge in [0.1, 0.15) is 11.6 Å². The van der Waals surface area contributed by atoms with Gasteiger partial charge in [0.2, 0.25) is 0 Å². The molecule has 0 aliphatic rings. The number of unbranched alkanes of at least 4 members (excludes halogenated alkanes) is 1. The van der Waals surface area contributed by atoms with Crippen LogP contribution in [0.4, 0.5) is 0 Å². The van der Waals surface area contributed by atoms with Crippen molar-refractivity contribution >= 4 is 24.7 Å². The third-order valence-electron chi connectivity index (χ3n) is 6.04. The molecule has 0 spiro atoms. The molecule has 0 amide bonds. The number of carbonyl (C=O) groups is 1. The maximum Gasteiger partial charge on any atom is 0.323 e. The highest BCUT2D eigenvalue weighted by molar-refractivity contribution is 6.99. The van der Waals surface area contributed by atoms with Gasteiger partial charge in [0, 0.05) is 0 Å². The van der Waals surface area contributed by atoms with Crippen LogP contribution in [0.5, 0.6) is 0 Å². The molecule has 0 unspecified atom stereocenters. The van der Waals surface area contributed by atoms with Crippen molar-refractivity contribution in [3.05, 3.63) is 72.8 Å². The summed E-state index contributed by atoms with van der Waals surface area (Å²) >= 11 is 0. The van der Waals surface area contributed by atoms with Crippen molar-refractivity contribution in [2.75, 3.05) is 0 Å². The molecule has 0 radical (unpaired) electrons. The Morgan fingerprint density at radius 2 is 1.46 bits per heavy atom. The molecule has 2 rings (SSSR count). The molecular weight excluding hydrogens is 450 g/mol. The highest BCUT2D eigenvalue weighted by atomic mass is 28.4. The van der Waals surface area contributed by atoms with Gasteiger partial charge in [-0.1, -0.05) is 113 Å². The molecule has 0 aliphatic heterocycles. The van der Waals surface area contributed by atoms with Crippen molar-refractivity contribution in [2.45, 2.75) is 96.9 Å². The number of hydrogen-bond donors (Lipinski definition) is 1. The number of rotatable bonds is 11. The number of ether oxygens (including phenoxy) is 1. The van der Waals surface area contributed by atoms with Gasteiger partial charge in [0.15, 0.2) is 0 Å². The van der Waals surface area contributed by atoms with Crippen LogP contribution >= 0.6 is 0 Å². The summed E-state index contributed by atoms with van der Waals surface area (Å²) in [5.41, 5.74) is 5.58. The number of benzene rings is 2. The molecule has 2 aromatic rings. The molecular formula is C30H45NO3Si. The van der Waals surface area contributed by atoms with E-state index in [0.717, 1.165) is 19.3 Å². The van der Waals surface area contributed by atoms with Crippen molar-refractivity contribution in [2.24, 2.45) is 5.73 Å². The van der Waals surface area contributed by atoms with E-state index in [1.165, 1.54) is 10.4 Å². The van der Waals surface area contributed by atoms with Gasteiger partial charge in [-0.15, -0.1) is 0 Å². The molecule has 2 aromatic carbocycles. The smallest absolute Gasteiger partial charge is 0.323 e. The second kappa shape index (κ2) is 12.7. The first-order chi connectivity index (χ1) is 16.4. The molecule has 192 valence electrons. The summed E-state index contributed by atoms with van der Waals surface area (Å²) in [5.74, 6) is -0.375. The van der Waals surface area contributed by atoms with Crippen LogP contribution in [0.2, 0.25) is 5.04 Å². The fourth-order valence-electron chi connectivity index (χ4n) is 4.37. The fraction of sp³-hybridized carbons (Fsp3) is 0.500. The highest BCUT2D eigenvalue weighted by Crippen LogP contribution is 2.38.